The second-order valence-electron chi connectivity index (χ2n) is 4.00. The minimum Gasteiger partial charge on any atom is -0.284 e. The van der Waals surface area contributed by atoms with Gasteiger partial charge in [-0.25, -0.2) is 0 Å². The number of benzene rings is 1. The van der Waals surface area contributed by atoms with Gasteiger partial charge in [-0.05, 0) is 18.1 Å². The molecule has 1 aromatic heterocycles. The Hall–Kier alpha value is -1.68. The Bertz CT molecular complexity index is 697. The van der Waals surface area contributed by atoms with Gasteiger partial charge in [0.25, 0.3) is 5.56 Å². The lowest BCUT2D eigenvalue weighted by Gasteiger charge is -2.03. The minimum absolute atomic E-state index is 0.0947. The Morgan fingerprint density at radius 2 is 2.12 bits per heavy atom. The van der Waals surface area contributed by atoms with E-state index in [4.69, 9.17) is 0 Å². The number of hydrogen-bond donors (Lipinski definition) is 0. The number of aromatic nitrogens is 1. The van der Waals surface area contributed by atoms with E-state index >= 15 is 0 Å². The molecule has 0 N–H and O–H groups in total. The first-order valence-electron chi connectivity index (χ1n) is 5.65. The van der Waals surface area contributed by atoms with Crippen LogP contribution in [0.4, 0.5) is 0 Å². The predicted molar refractivity (Wildman–Crippen MR) is 68.9 cm³/mol. The number of thiazole rings is 1. The van der Waals surface area contributed by atoms with Crippen molar-refractivity contribution in [1.29, 1.82) is 0 Å². The first-order chi connectivity index (χ1) is 8.34. The molecule has 1 aliphatic rings. The molecule has 0 spiro atoms. The fraction of sp³-hybridized carbons (Fsp3) is 0.231. The minimum atomic E-state index is 0.0947. The second-order valence-corrected chi connectivity index (χ2v) is 5.01. The molecule has 2 aromatic rings. The quantitative estimate of drug-likeness (QED) is 0.729. The van der Waals surface area contributed by atoms with Gasteiger partial charge in [0.1, 0.15) is 0 Å². The summed E-state index contributed by atoms with van der Waals surface area (Å²) in [7, 11) is 0. The van der Waals surface area contributed by atoms with Crippen LogP contribution in [0.5, 0.6) is 0 Å². The van der Waals surface area contributed by atoms with Crippen LogP contribution >= 0.6 is 11.3 Å². The number of hydrogen-bond acceptors (Lipinski definition) is 3. The Morgan fingerprint density at radius 3 is 2.88 bits per heavy atom. The van der Waals surface area contributed by atoms with Crippen LogP contribution in [-0.2, 0) is 6.54 Å². The van der Waals surface area contributed by atoms with E-state index < -0.39 is 0 Å². The Balaban J connectivity index is 2.21. The number of rotatable bonds is 1. The van der Waals surface area contributed by atoms with Crippen molar-refractivity contribution < 1.29 is 0 Å². The van der Waals surface area contributed by atoms with E-state index in [-0.39, 0.29) is 5.56 Å². The smallest absolute Gasteiger partial charge is 0.270 e. The van der Waals surface area contributed by atoms with Gasteiger partial charge in [-0.3, -0.25) is 14.4 Å². The first kappa shape index (κ1) is 10.5. The fourth-order valence-electron chi connectivity index (χ4n) is 1.93. The van der Waals surface area contributed by atoms with E-state index in [1.807, 2.05) is 36.4 Å². The number of nitrogens with zero attached hydrogens (tertiary/aromatic N) is 2. The van der Waals surface area contributed by atoms with E-state index in [0.29, 0.717) is 0 Å². The van der Waals surface area contributed by atoms with Crippen LogP contribution in [0.25, 0.3) is 6.08 Å². The van der Waals surface area contributed by atoms with Crippen molar-refractivity contribution in [2.75, 3.05) is 6.54 Å². The van der Waals surface area contributed by atoms with Gasteiger partial charge < -0.3 is 0 Å². The van der Waals surface area contributed by atoms with Crippen LogP contribution in [0.15, 0.2) is 40.1 Å². The maximum atomic E-state index is 12.1. The van der Waals surface area contributed by atoms with Crippen LogP contribution in [0.2, 0.25) is 0 Å². The maximum Gasteiger partial charge on any atom is 0.270 e. The highest BCUT2D eigenvalue weighted by Gasteiger charge is 2.08. The molecular weight excluding hydrogens is 232 g/mol. The van der Waals surface area contributed by atoms with Crippen molar-refractivity contribution >= 4 is 17.4 Å². The summed E-state index contributed by atoms with van der Waals surface area (Å²) in [4.78, 5) is 17.3. The third-order valence-corrected chi connectivity index (χ3v) is 3.82. The second kappa shape index (κ2) is 4.30. The Labute approximate surface area is 102 Å². The van der Waals surface area contributed by atoms with Crippen molar-refractivity contribution in [3.8, 4) is 0 Å². The summed E-state index contributed by atoms with van der Waals surface area (Å²) >= 11 is 1.49. The highest BCUT2D eigenvalue weighted by Crippen LogP contribution is 1.98. The van der Waals surface area contributed by atoms with E-state index in [1.165, 1.54) is 11.3 Å². The molecule has 0 bridgehead atoms. The maximum absolute atomic E-state index is 12.1. The summed E-state index contributed by atoms with van der Waals surface area (Å²) in [6.07, 6.45) is 2.91. The van der Waals surface area contributed by atoms with E-state index in [0.717, 1.165) is 34.4 Å². The van der Waals surface area contributed by atoms with Gasteiger partial charge in [0.15, 0.2) is 4.80 Å². The summed E-state index contributed by atoms with van der Waals surface area (Å²) in [5.41, 5.74) is 1.15. The third-order valence-electron chi connectivity index (χ3n) is 2.77. The van der Waals surface area contributed by atoms with Gasteiger partial charge in [0, 0.05) is 13.1 Å². The van der Waals surface area contributed by atoms with Crippen LogP contribution in [-0.4, -0.2) is 11.1 Å². The molecular formula is C13H12N2OS. The molecule has 0 amide bonds. The van der Waals surface area contributed by atoms with Crippen molar-refractivity contribution in [2.24, 2.45) is 4.99 Å². The van der Waals surface area contributed by atoms with E-state index in [1.54, 1.807) is 4.57 Å². The molecule has 1 aliphatic heterocycles. The average molecular weight is 244 g/mol. The molecule has 0 fully saturated rings. The van der Waals surface area contributed by atoms with Crippen molar-refractivity contribution in [3.63, 3.8) is 0 Å². The Kier molecular flexibility index (Phi) is 2.65. The summed E-state index contributed by atoms with van der Waals surface area (Å²) in [6.45, 7) is 1.64. The van der Waals surface area contributed by atoms with Gasteiger partial charge in [-0.2, -0.15) is 0 Å². The molecule has 0 saturated carbocycles. The molecule has 0 radical (unpaired) electrons. The SMILES string of the molecule is O=c1c(=Cc2ccccc2)sc2n1CCCN=2. The normalized spacial score (nSPS) is 15.4. The predicted octanol–water partition coefficient (Wildman–Crippen LogP) is 0.762. The molecule has 0 unspecified atom stereocenters. The lowest BCUT2D eigenvalue weighted by Crippen LogP contribution is -2.33. The monoisotopic (exact) mass is 244 g/mol. The van der Waals surface area contributed by atoms with E-state index in [9.17, 15) is 4.79 Å². The van der Waals surface area contributed by atoms with Gasteiger partial charge in [-0.1, -0.05) is 41.7 Å². The first-order valence-corrected chi connectivity index (χ1v) is 6.47. The topological polar surface area (TPSA) is 34.4 Å². The standard InChI is InChI=1S/C13H12N2OS/c16-12-11(9-10-5-2-1-3-6-10)17-13-14-7-4-8-15(12)13/h1-3,5-6,9H,4,7-8H2. The number of fused-ring (bicyclic) bond motifs is 1. The highest BCUT2D eigenvalue weighted by atomic mass is 32.1. The molecule has 0 saturated heterocycles. The molecule has 3 nitrogen and oxygen atoms in total. The zero-order chi connectivity index (χ0) is 11.7. The van der Waals surface area contributed by atoms with Gasteiger partial charge >= 0.3 is 0 Å². The summed E-state index contributed by atoms with van der Waals surface area (Å²) in [6, 6.07) is 9.92. The molecule has 86 valence electrons. The third kappa shape index (κ3) is 1.96. The average Bonchev–Trinajstić information content (AvgIpc) is 2.68. The summed E-state index contributed by atoms with van der Waals surface area (Å²) in [5.74, 6) is 0. The largest absolute Gasteiger partial charge is 0.284 e. The van der Waals surface area contributed by atoms with Crippen molar-refractivity contribution in [1.82, 2.24) is 4.57 Å². The molecule has 17 heavy (non-hydrogen) atoms. The lowest BCUT2D eigenvalue weighted by molar-refractivity contribution is 0.573. The van der Waals surface area contributed by atoms with Gasteiger partial charge in [0.2, 0.25) is 0 Å². The van der Waals surface area contributed by atoms with Gasteiger partial charge in [-0.15, -0.1) is 0 Å². The van der Waals surface area contributed by atoms with Crippen molar-refractivity contribution in [2.45, 2.75) is 13.0 Å². The lowest BCUT2D eigenvalue weighted by atomic mass is 10.2. The fourth-order valence-corrected chi connectivity index (χ4v) is 2.96. The molecule has 4 heteroatoms. The molecule has 0 atom stereocenters. The molecule has 0 aliphatic carbocycles. The van der Waals surface area contributed by atoms with Gasteiger partial charge in [0.05, 0.1) is 4.53 Å². The highest BCUT2D eigenvalue weighted by molar-refractivity contribution is 7.07. The van der Waals surface area contributed by atoms with Crippen LogP contribution in [0.3, 0.4) is 0 Å². The van der Waals surface area contributed by atoms with E-state index in [2.05, 4.69) is 4.99 Å². The summed E-state index contributed by atoms with van der Waals surface area (Å²) in [5, 5.41) is 0. The zero-order valence-corrected chi connectivity index (χ0v) is 10.1. The Morgan fingerprint density at radius 1 is 1.29 bits per heavy atom. The molecule has 1 aromatic carbocycles. The summed E-state index contributed by atoms with van der Waals surface area (Å²) < 4.78 is 2.56. The van der Waals surface area contributed by atoms with Crippen LogP contribution < -0.4 is 14.9 Å². The van der Waals surface area contributed by atoms with Crippen LogP contribution in [0.1, 0.15) is 12.0 Å². The molecule has 2 heterocycles. The van der Waals surface area contributed by atoms with Crippen LogP contribution in [0, 0.1) is 0 Å². The molecule has 3 rings (SSSR count). The van der Waals surface area contributed by atoms with Crippen molar-refractivity contribution in [3.05, 3.63) is 55.6 Å². The zero-order valence-electron chi connectivity index (χ0n) is 9.30.